The molecule has 2 saturated carbocycles. The Bertz CT molecular complexity index is 555. The van der Waals surface area contributed by atoms with Crippen LogP contribution in [0.25, 0.3) is 5.32 Å². The normalized spacial score (nSPS) is 53.0. The van der Waals surface area contributed by atoms with Gasteiger partial charge in [0.25, 0.3) is 0 Å². The SMILES string of the molecule is COC(=O)C1C(O)CCC2C[NH+]3CCC4C5CCCCC5[N-]C4C3CC21. The maximum absolute atomic E-state index is 12.4. The average molecular weight is 363 g/mol. The van der Waals surface area contributed by atoms with Crippen molar-refractivity contribution in [3.05, 3.63) is 5.32 Å². The monoisotopic (exact) mass is 362 g/mol. The highest BCUT2D eigenvalue weighted by atomic mass is 16.5. The summed E-state index contributed by atoms with van der Waals surface area (Å²) in [6.45, 7) is 2.46. The fourth-order valence-electron chi connectivity index (χ4n) is 7.58. The summed E-state index contributed by atoms with van der Waals surface area (Å²) in [5.74, 6) is 1.96. The van der Waals surface area contributed by atoms with Gasteiger partial charge in [-0.1, -0.05) is 37.6 Å². The molecule has 5 rings (SSSR count). The van der Waals surface area contributed by atoms with Crippen LogP contribution in [-0.4, -0.2) is 55.5 Å². The Morgan fingerprint density at radius 3 is 2.77 bits per heavy atom. The van der Waals surface area contributed by atoms with Gasteiger partial charge in [-0.05, 0) is 31.1 Å². The largest absolute Gasteiger partial charge is 0.651 e. The van der Waals surface area contributed by atoms with Crippen LogP contribution >= 0.6 is 0 Å². The summed E-state index contributed by atoms with van der Waals surface area (Å²) >= 11 is 0. The van der Waals surface area contributed by atoms with Crippen molar-refractivity contribution in [3.63, 3.8) is 0 Å². The van der Waals surface area contributed by atoms with E-state index < -0.39 is 6.10 Å². The first-order chi connectivity index (χ1) is 12.7. The number of fused-ring (bicyclic) bond motifs is 6. The van der Waals surface area contributed by atoms with Crippen molar-refractivity contribution in [3.8, 4) is 0 Å². The van der Waals surface area contributed by atoms with E-state index in [1.165, 1.54) is 52.3 Å². The summed E-state index contributed by atoms with van der Waals surface area (Å²) in [4.78, 5) is 14.2. The lowest BCUT2D eigenvalue weighted by Gasteiger charge is -2.54. The maximum atomic E-state index is 12.4. The molecule has 0 aromatic carbocycles. The molecule has 10 atom stereocenters. The average Bonchev–Trinajstić information content (AvgIpc) is 3.05. The van der Waals surface area contributed by atoms with Gasteiger partial charge in [0, 0.05) is 12.3 Å². The van der Waals surface area contributed by atoms with Crippen molar-refractivity contribution in [1.29, 1.82) is 0 Å². The smallest absolute Gasteiger partial charge is 0.311 e. The molecule has 5 fully saturated rings. The number of ether oxygens (including phenoxy) is 1. The van der Waals surface area contributed by atoms with Crippen LogP contribution in [0.3, 0.4) is 0 Å². The molecule has 0 spiro atoms. The molecule has 0 radical (unpaired) electrons. The minimum Gasteiger partial charge on any atom is -0.651 e. The van der Waals surface area contributed by atoms with Gasteiger partial charge in [-0.25, -0.2) is 0 Å². The molecule has 5 heteroatoms. The second-order valence-electron chi connectivity index (χ2n) is 9.68. The summed E-state index contributed by atoms with van der Waals surface area (Å²) in [5, 5.41) is 15.9. The topological polar surface area (TPSA) is 65.1 Å². The molecule has 3 heterocycles. The maximum Gasteiger partial charge on any atom is 0.311 e. The fraction of sp³-hybridized carbons (Fsp3) is 0.952. The van der Waals surface area contributed by atoms with Crippen molar-refractivity contribution in [2.24, 2.45) is 29.6 Å². The van der Waals surface area contributed by atoms with Crippen LogP contribution in [0, 0.1) is 29.6 Å². The second-order valence-corrected chi connectivity index (χ2v) is 9.68. The number of hydrogen-bond acceptors (Lipinski definition) is 3. The van der Waals surface area contributed by atoms with Gasteiger partial charge in [0.2, 0.25) is 0 Å². The fourth-order valence-corrected chi connectivity index (χ4v) is 7.58. The van der Waals surface area contributed by atoms with Crippen LogP contribution in [0.5, 0.6) is 0 Å². The summed E-state index contributed by atoms with van der Waals surface area (Å²) in [7, 11) is 1.46. The highest BCUT2D eigenvalue weighted by molar-refractivity contribution is 5.73. The molecule has 10 unspecified atom stereocenters. The van der Waals surface area contributed by atoms with Crippen LogP contribution in [0.1, 0.15) is 51.4 Å². The number of nitrogens with one attached hydrogen (secondary N) is 1. The molecule has 146 valence electrons. The third-order valence-electron chi connectivity index (χ3n) is 8.71. The predicted octanol–water partition coefficient (Wildman–Crippen LogP) is 1.15. The number of aliphatic hydroxyl groups excluding tert-OH is 1. The molecule has 0 aromatic rings. The highest BCUT2D eigenvalue weighted by Gasteiger charge is 2.54. The van der Waals surface area contributed by atoms with Crippen LogP contribution in [-0.2, 0) is 9.53 Å². The lowest BCUT2D eigenvalue weighted by molar-refractivity contribution is -0.942. The van der Waals surface area contributed by atoms with E-state index >= 15 is 0 Å². The number of rotatable bonds is 1. The zero-order valence-electron chi connectivity index (χ0n) is 16.0. The van der Waals surface area contributed by atoms with Gasteiger partial charge in [0.15, 0.2) is 0 Å². The summed E-state index contributed by atoms with van der Waals surface area (Å²) in [6.07, 6.45) is 9.12. The first-order valence-corrected chi connectivity index (χ1v) is 11.0. The minimum absolute atomic E-state index is 0.194. The third kappa shape index (κ3) is 2.65. The lowest BCUT2D eigenvalue weighted by Crippen LogP contribution is -3.20. The zero-order chi connectivity index (χ0) is 17.8. The van der Waals surface area contributed by atoms with Gasteiger partial charge in [0.05, 0.1) is 38.3 Å². The Morgan fingerprint density at radius 1 is 1.08 bits per heavy atom. The van der Waals surface area contributed by atoms with Crippen LogP contribution < -0.4 is 4.90 Å². The molecule has 0 bridgehead atoms. The molecule has 0 amide bonds. The number of aliphatic hydroxyl groups is 1. The Balaban J connectivity index is 1.38. The van der Waals surface area contributed by atoms with Crippen molar-refractivity contribution >= 4 is 5.97 Å². The van der Waals surface area contributed by atoms with Gasteiger partial charge in [-0.15, -0.1) is 6.04 Å². The van der Waals surface area contributed by atoms with Gasteiger partial charge >= 0.3 is 5.97 Å². The van der Waals surface area contributed by atoms with E-state index in [0.29, 0.717) is 24.0 Å². The standard InChI is InChI=1S/C21H33N2O3/c1-26-21(25)19-15-10-17-20-14(13-4-2-3-5-16(13)22-20)8-9-23(17)11-12(15)6-7-18(19)24/h12-20,24H,2-11H2,1H3/q-1/p+1. The number of hydrogen-bond donors (Lipinski definition) is 2. The minimum atomic E-state index is -0.521. The molecule has 0 aromatic heterocycles. The zero-order valence-corrected chi connectivity index (χ0v) is 16.0. The summed E-state index contributed by atoms with van der Waals surface area (Å²) < 4.78 is 5.08. The number of esters is 1. The Hall–Kier alpha value is -0.650. The lowest BCUT2D eigenvalue weighted by atomic mass is 9.63. The van der Waals surface area contributed by atoms with E-state index in [1.54, 1.807) is 4.90 Å². The molecule has 5 nitrogen and oxygen atoms in total. The van der Waals surface area contributed by atoms with E-state index in [9.17, 15) is 9.90 Å². The van der Waals surface area contributed by atoms with Crippen molar-refractivity contribution in [2.75, 3.05) is 20.2 Å². The number of carbonyl (C=O) groups excluding carboxylic acids is 1. The van der Waals surface area contributed by atoms with Crippen molar-refractivity contribution in [2.45, 2.75) is 75.6 Å². The van der Waals surface area contributed by atoms with Gasteiger partial charge in [0.1, 0.15) is 0 Å². The van der Waals surface area contributed by atoms with E-state index in [2.05, 4.69) is 0 Å². The van der Waals surface area contributed by atoms with E-state index in [-0.39, 0.29) is 17.8 Å². The summed E-state index contributed by atoms with van der Waals surface area (Å²) in [6, 6.07) is 1.69. The van der Waals surface area contributed by atoms with E-state index in [0.717, 1.165) is 31.1 Å². The Morgan fingerprint density at radius 2 is 1.92 bits per heavy atom. The van der Waals surface area contributed by atoms with Gasteiger partial charge in [-0.3, -0.25) is 4.79 Å². The molecule has 2 aliphatic carbocycles. The number of piperidine rings is 2. The Labute approximate surface area is 156 Å². The van der Waals surface area contributed by atoms with Crippen LogP contribution in [0.15, 0.2) is 0 Å². The van der Waals surface area contributed by atoms with Crippen LogP contribution in [0.2, 0.25) is 0 Å². The highest BCUT2D eigenvalue weighted by Crippen LogP contribution is 2.50. The molecular formula is C21H34N2O3. The second kappa shape index (κ2) is 6.75. The molecule has 2 N–H and O–H groups in total. The predicted molar refractivity (Wildman–Crippen MR) is 97.8 cm³/mol. The molecule has 26 heavy (non-hydrogen) atoms. The van der Waals surface area contributed by atoms with Gasteiger partial charge in [-0.2, -0.15) is 0 Å². The van der Waals surface area contributed by atoms with E-state index in [1.807, 2.05) is 0 Å². The van der Waals surface area contributed by atoms with Gasteiger partial charge < -0.3 is 20.1 Å². The molecule has 3 saturated heterocycles. The molecular weight excluding hydrogens is 328 g/mol. The number of methoxy groups -OCH3 is 1. The molecule has 5 aliphatic rings. The number of carbonyl (C=O) groups is 1. The third-order valence-corrected chi connectivity index (χ3v) is 8.71. The number of quaternary nitrogens is 1. The van der Waals surface area contributed by atoms with Crippen LogP contribution in [0.4, 0.5) is 0 Å². The van der Waals surface area contributed by atoms with Crippen molar-refractivity contribution in [1.82, 2.24) is 0 Å². The van der Waals surface area contributed by atoms with Crippen molar-refractivity contribution < 1.29 is 19.5 Å². The number of nitrogens with zero attached hydrogens (tertiary/aromatic N) is 1. The van der Waals surface area contributed by atoms with E-state index in [4.69, 9.17) is 10.1 Å². The summed E-state index contributed by atoms with van der Waals surface area (Å²) in [5.41, 5.74) is 0. The first-order valence-electron chi connectivity index (χ1n) is 11.0. The molecule has 3 aliphatic heterocycles. The quantitative estimate of drug-likeness (QED) is 0.688. The Kier molecular flexibility index (Phi) is 4.53. The first kappa shape index (κ1) is 17.4.